The summed E-state index contributed by atoms with van der Waals surface area (Å²) in [6, 6.07) is 3.77. The summed E-state index contributed by atoms with van der Waals surface area (Å²) < 4.78 is 16.7. The molecule has 0 aliphatic carbocycles. The van der Waals surface area contributed by atoms with E-state index in [1.54, 1.807) is 21.3 Å². The molecule has 0 aromatic rings. The Morgan fingerprint density at radius 1 is 0.419 bits per heavy atom. The van der Waals surface area contributed by atoms with Crippen molar-refractivity contribution in [3.8, 4) is 0 Å². The molecule has 0 saturated carbocycles. The molecule has 0 aliphatic heterocycles. The predicted molar refractivity (Wildman–Crippen MR) is 143 cm³/mol. The molecule has 0 amide bonds. The van der Waals surface area contributed by atoms with Crippen molar-refractivity contribution in [2.75, 3.05) is 21.3 Å². The summed E-state index contributed by atoms with van der Waals surface area (Å²) in [5.74, 6) is 0. The van der Waals surface area contributed by atoms with Crippen molar-refractivity contribution >= 4 is 16.9 Å². The van der Waals surface area contributed by atoms with Gasteiger partial charge in [-0.05, 0) is 0 Å². The van der Waals surface area contributed by atoms with Gasteiger partial charge in [0.2, 0.25) is 0 Å². The lowest BCUT2D eigenvalue weighted by molar-refractivity contribution is 0.123. The van der Waals surface area contributed by atoms with E-state index in [0.29, 0.717) is 0 Å². The van der Waals surface area contributed by atoms with Crippen LogP contribution in [-0.4, -0.2) is 38.2 Å². The van der Waals surface area contributed by atoms with Crippen molar-refractivity contribution < 1.29 is 13.3 Å². The molecule has 3 nitrogen and oxygen atoms in total. The molecule has 31 heavy (non-hydrogen) atoms. The fourth-order valence-corrected chi connectivity index (χ4v) is 9.28. The summed E-state index contributed by atoms with van der Waals surface area (Å²) in [6.45, 7) is 7.40. The van der Waals surface area contributed by atoms with Gasteiger partial charge in [-0.3, -0.25) is 0 Å². The average molecular weight is 475 g/mol. The summed E-state index contributed by atoms with van der Waals surface area (Å²) in [5.41, 5.74) is 0. The van der Waals surface area contributed by atoms with Gasteiger partial charge < -0.3 is 13.3 Å². The largest absolute Gasteiger partial charge is 0.500 e. The van der Waals surface area contributed by atoms with Gasteiger partial charge in [-0.2, -0.15) is 0 Å². The van der Waals surface area contributed by atoms with Crippen molar-refractivity contribution in [2.45, 2.75) is 147 Å². The van der Waals surface area contributed by atoms with Crippen LogP contribution in [0.4, 0.5) is 0 Å². The molecule has 0 saturated heterocycles. The van der Waals surface area contributed by atoms with E-state index in [4.69, 9.17) is 13.3 Å². The van der Waals surface area contributed by atoms with E-state index in [-0.39, 0.29) is 0 Å². The third-order valence-electron chi connectivity index (χ3n) is 6.98. The van der Waals surface area contributed by atoms with Gasteiger partial charge in [-0.1, -0.05) is 141 Å². The summed E-state index contributed by atoms with van der Waals surface area (Å²) >= 11 is 0. The number of hydrogen-bond donors (Lipinski definition) is 0. The molecule has 0 atom stereocenters. The van der Waals surface area contributed by atoms with Gasteiger partial charge in [0, 0.05) is 35.4 Å². The van der Waals surface area contributed by atoms with E-state index in [9.17, 15) is 0 Å². The van der Waals surface area contributed by atoms with Crippen LogP contribution >= 0.6 is 0 Å². The highest BCUT2D eigenvalue weighted by Gasteiger charge is 2.37. The second-order valence-corrected chi connectivity index (χ2v) is 18.8. The smallest absolute Gasteiger partial charge is 0.377 e. The third-order valence-corrected chi connectivity index (χ3v) is 13.2. The average Bonchev–Trinajstić information content (AvgIpc) is 2.76. The monoisotopic (exact) mass is 474 g/mol. The summed E-state index contributed by atoms with van der Waals surface area (Å²) in [5, 5.41) is 0. The fourth-order valence-electron chi connectivity index (χ4n) is 4.62. The minimum absolute atomic E-state index is 0.950. The van der Waals surface area contributed by atoms with Crippen LogP contribution < -0.4 is 0 Å². The van der Waals surface area contributed by atoms with Gasteiger partial charge in [0.15, 0.2) is 0 Å². The first-order valence-corrected chi connectivity index (χ1v) is 19.0. The van der Waals surface area contributed by atoms with E-state index in [1.165, 1.54) is 121 Å². The fraction of sp³-hybridized carbons (Fsp3) is 1.00. The van der Waals surface area contributed by atoms with Crippen molar-refractivity contribution in [3.63, 3.8) is 0 Å². The number of hydrogen-bond acceptors (Lipinski definition) is 3. The van der Waals surface area contributed by atoms with Crippen LogP contribution in [0, 0.1) is 0 Å². The maximum Gasteiger partial charge on any atom is 0.500 e. The van der Waals surface area contributed by atoms with Gasteiger partial charge in [-0.25, -0.2) is 0 Å². The Morgan fingerprint density at radius 3 is 1.10 bits per heavy atom. The zero-order valence-corrected chi connectivity index (χ0v) is 24.4. The molecule has 0 unspecified atom stereocenters. The maximum absolute atomic E-state index is 5.55. The Hall–Kier alpha value is 0.314. The first-order chi connectivity index (χ1) is 14.9. The van der Waals surface area contributed by atoms with Crippen molar-refractivity contribution in [2.24, 2.45) is 0 Å². The Kier molecular flexibility index (Phi) is 21.1. The quantitative estimate of drug-likeness (QED) is 0.103. The molecule has 0 aliphatic rings. The lowest BCUT2D eigenvalue weighted by Crippen LogP contribution is -2.43. The summed E-state index contributed by atoms with van der Waals surface area (Å²) in [6.07, 6.45) is 24.4. The molecule has 0 bridgehead atoms. The van der Waals surface area contributed by atoms with E-state index in [1.807, 2.05) is 0 Å². The van der Waals surface area contributed by atoms with Crippen molar-refractivity contribution in [1.82, 2.24) is 0 Å². The highest BCUT2D eigenvalue weighted by atomic mass is 28.4. The van der Waals surface area contributed by atoms with Crippen LogP contribution in [0.3, 0.4) is 0 Å². The minimum Gasteiger partial charge on any atom is -0.377 e. The van der Waals surface area contributed by atoms with Crippen molar-refractivity contribution in [1.29, 1.82) is 0 Å². The van der Waals surface area contributed by atoms with Gasteiger partial charge in [0.05, 0.1) is 0 Å². The zero-order chi connectivity index (χ0) is 23.3. The van der Waals surface area contributed by atoms with Gasteiger partial charge in [-0.15, -0.1) is 0 Å². The normalized spacial score (nSPS) is 12.6. The lowest BCUT2D eigenvalue weighted by atomic mass is 10.0. The molecule has 0 fully saturated rings. The summed E-state index contributed by atoms with van der Waals surface area (Å²) in [4.78, 5) is 0. The molecular weight excluding hydrogens is 416 g/mol. The van der Waals surface area contributed by atoms with Crippen LogP contribution in [-0.2, 0) is 13.3 Å². The Balaban J connectivity index is 3.47. The number of rotatable bonds is 24. The third kappa shape index (κ3) is 18.4. The van der Waals surface area contributed by atoms with Crippen LogP contribution in [0.5, 0.6) is 0 Å². The standard InChI is InChI=1S/C26H58O3Si2/c1-7-8-9-10-11-12-13-14-15-16-17-18-19-20-21-22-24-30(5,6)25-23-26-31(27-2,28-3)29-4/h7-26H2,1-6H3. The molecule has 0 spiro atoms. The second kappa shape index (κ2) is 20.9. The van der Waals surface area contributed by atoms with Gasteiger partial charge in [0.1, 0.15) is 0 Å². The molecule has 0 heterocycles. The highest BCUT2D eigenvalue weighted by Crippen LogP contribution is 2.25. The molecule has 0 rings (SSSR count). The Bertz CT molecular complexity index is 365. The van der Waals surface area contributed by atoms with Crippen LogP contribution in [0.25, 0.3) is 0 Å². The minimum atomic E-state index is -2.37. The van der Waals surface area contributed by atoms with E-state index in [0.717, 1.165) is 6.04 Å². The molecule has 0 aromatic heterocycles. The maximum atomic E-state index is 5.55. The predicted octanol–water partition coefficient (Wildman–Crippen LogP) is 9.22. The Morgan fingerprint density at radius 2 is 0.742 bits per heavy atom. The van der Waals surface area contributed by atoms with E-state index < -0.39 is 16.9 Å². The molecule has 0 aromatic carbocycles. The lowest BCUT2D eigenvalue weighted by Gasteiger charge is -2.27. The summed E-state index contributed by atoms with van der Waals surface area (Å²) in [7, 11) is 1.70. The number of unbranched alkanes of at least 4 members (excludes halogenated alkanes) is 15. The zero-order valence-electron chi connectivity index (χ0n) is 22.4. The van der Waals surface area contributed by atoms with Crippen LogP contribution in [0.2, 0.25) is 31.2 Å². The SMILES string of the molecule is CCCCCCCCCCCCCCCCCC[Si](C)(C)CCC[Si](OC)(OC)OC. The molecule has 188 valence electrons. The second-order valence-electron chi connectivity index (χ2n) is 10.4. The molecular formula is C26H58O3Si2. The topological polar surface area (TPSA) is 27.7 Å². The van der Waals surface area contributed by atoms with Crippen molar-refractivity contribution in [3.05, 3.63) is 0 Å². The first kappa shape index (κ1) is 31.3. The first-order valence-electron chi connectivity index (χ1n) is 13.6. The Labute approximate surface area is 198 Å². The van der Waals surface area contributed by atoms with E-state index >= 15 is 0 Å². The molecule has 0 N–H and O–H groups in total. The molecule has 5 heteroatoms. The van der Waals surface area contributed by atoms with Gasteiger partial charge in [0.25, 0.3) is 0 Å². The van der Waals surface area contributed by atoms with Gasteiger partial charge >= 0.3 is 8.80 Å². The van der Waals surface area contributed by atoms with Crippen LogP contribution in [0.1, 0.15) is 116 Å². The highest BCUT2D eigenvalue weighted by molar-refractivity contribution is 6.77. The van der Waals surface area contributed by atoms with E-state index in [2.05, 4.69) is 20.0 Å². The van der Waals surface area contributed by atoms with Crippen LogP contribution in [0.15, 0.2) is 0 Å². The molecule has 0 radical (unpaired) electrons.